The van der Waals surface area contributed by atoms with E-state index in [4.69, 9.17) is 0 Å². The fourth-order valence-electron chi connectivity index (χ4n) is 4.36. The SMILES string of the molecule is C[C@@H](O)c1ccc(C2(CNC(=O)NCc3cccc4ccccc34)CCCC2)s1. The maximum atomic E-state index is 12.5. The molecule has 2 aromatic carbocycles. The van der Waals surface area contributed by atoms with Gasteiger partial charge < -0.3 is 15.7 Å². The van der Waals surface area contributed by atoms with E-state index in [0.29, 0.717) is 13.1 Å². The topological polar surface area (TPSA) is 61.4 Å². The van der Waals surface area contributed by atoms with Crippen molar-refractivity contribution in [2.45, 2.75) is 50.7 Å². The standard InChI is InChI=1S/C24H28N2O2S/c1-17(27)21-11-12-22(29-21)24(13-4-5-14-24)16-26-23(28)25-15-19-9-6-8-18-7-2-3-10-20(18)19/h2-3,6-12,17,27H,4-5,13-16H2,1H3,(H2,25,26,28)/t17-/m1/s1. The normalized spacial score (nSPS) is 16.6. The van der Waals surface area contributed by atoms with Crippen molar-refractivity contribution in [3.8, 4) is 0 Å². The Morgan fingerprint density at radius 1 is 1.07 bits per heavy atom. The number of carbonyl (C=O) groups is 1. The number of fused-ring (bicyclic) bond motifs is 1. The highest BCUT2D eigenvalue weighted by molar-refractivity contribution is 7.12. The molecule has 3 N–H and O–H groups in total. The van der Waals surface area contributed by atoms with E-state index in [1.807, 2.05) is 24.3 Å². The molecule has 1 aliphatic rings. The molecule has 1 aliphatic carbocycles. The van der Waals surface area contributed by atoms with E-state index in [0.717, 1.165) is 23.3 Å². The summed E-state index contributed by atoms with van der Waals surface area (Å²) >= 11 is 1.68. The number of hydrogen-bond acceptors (Lipinski definition) is 3. The van der Waals surface area contributed by atoms with Crippen molar-refractivity contribution in [1.29, 1.82) is 0 Å². The Balaban J connectivity index is 1.39. The average molecular weight is 409 g/mol. The Labute approximate surface area is 176 Å². The third kappa shape index (κ3) is 4.31. The molecule has 1 atom stereocenters. The van der Waals surface area contributed by atoms with Crippen molar-refractivity contribution in [3.05, 3.63) is 69.9 Å². The Morgan fingerprint density at radius 3 is 2.59 bits per heavy atom. The molecule has 1 heterocycles. The fraction of sp³-hybridized carbons (Fsp3) is 0.375. The second-order valence-corrected chi connectivity index (χ2v) is 9.16. The number of thiophene rings is 1. The number of rotatable bonds is 6. The molecule has 0 unspecified atom stereocenters. The molecule has 0 aliphatic heterocycles. The lowest BCUT2D eigenvalue weighted by atomic mass is 9.84. The highest BCUT2D eigenvalue weighted by Gasteiger charge is 2.37. The first kappa shape index (κ1) is 19.9. The number of benzene rings is 2. The molecule has 4 rings (SSSR count). The number of urea groups is 1. The molecule has 2 amide bonds. The summed E-state index contributed by atoms with van der Waals surface area (Å²) in [4.78, 5) is 14.8. The fourth-order valence-corrected chi connectivity index (χ4v) is 5.55. The summed E-state index contributed by atoms with van der Waals surface area (Å²) in [5, 5.41) is 18.4. The maximum absolute atomic E-state index is 12.5. The molecule has 0 saturated heterocycles. The van der Waals surface area contributed by atoms with Crippen LogP contribution in [0.5, 0.6) is 0 Å². The van der Waals surface area contributed by atoms with Crippen molar-refractivity contribution >= 4 is 28.1 Å². The van der Waals surface area contributed by atoms with Crippen LogP contribution in [0.3, 0.4) is 0 Å². The zero-order valence-corrected chi connectivity index (χ0v) is 17.6. The van der Waals surface area contributed by atoms with Crippen LogP contribution in [0.4, 0.5) is 4.79 Å². The summed E-state index contributed by atoms with van der Waals surface area (Å²) in [6.45, 7) is 2.94. The second kappa shape index (κ2) is 8.56. The number of carbonyl (C=O) groups excluding carboxylic acids is 1. The lowest BCUT2D eigenvalue weighted by Crippen LogP contribution is -2.43. The molecule has 29 heavy (non-hydrogen) atoms. The number of aliphatic hydroxyl groups excluding tert-OH is 1. The van der Waals surface area contributed by atoms with Crippen molar-refractivity contribution in [2.75, 3.05) is 6.54 Å². The van der Waals surface area contributed by atoms with Gasteiger partial charge in [0.05, 0.1) is 6.10 Å². The van der Waals surface area contributed by atoms with Gasteiger partial charge in [0.2, 0.25) is 0 Å². The van der Waals surface area contributed by atoms with Gasteiger partial charge in [-0.2, -0.15) is 0 Å². The van der Waals surface area contributed by atoms with Crippen LogP contribution in [-0.4, -0.2) is 17.7 Å². The van der Waals surface area contributed by atoms with Crippen LogP contribution in [0.2, 0.25) is 0 Å². The van der Waals surface area contributed by atoms with E-state index in [-0.39, 0.29) is 11.4 Å². The van der Waals surface area contributed by atoms with Crippen LogP contribution in [-0.2, 0) is 12.0 Å². The third-order valence-corrected chi connectivity index (χ3v) is 7.53. The first-order valence-electron chi connectivity index (χ1n) is 10.3. The molecular formula is C24H28N2O2S. The molecule has 152 valence electrons. The Hall–Kier alpha value is -2.37. The van der Waals surface area contributed by atoms with Crippen LogP contribution in [0.1, 0.15) is 54.0 Å². The predicted molar refractivity (Wildman–Crippen MR) is 119 cm³/mol. The molecule has 4 nitrogen and oxygen atoms in total. The van der Waals surface area contributed by atoms with Crippen LogP contribution in [0, 0.1) is 0 Å². The molecule has 3 aromatic rings. The lowest BCUT2D eigenvalue weighted by Gasteiger charge is -2.28. The van der Waals surface area contributed by atoms with Gasteiger partial charge >= 0.3 is 6.03 Å². The van der Waals surface area contributed by atoms with Crippen molar-refractivity contribution in [2.24, 2.45) is 0 Å². The van der Waals surface area contributed by atoms with E-state index < -0.39 is 6.10 Å². The average Bonchev–Trinajstić information content (AvgIpc) is 3.41. The summed E-state index contributed by atoms with van der Waals surface area (Å²) in [5.74, 6) is 0. The predicted octanol–water partition coefficient (Wildman–Crippen LogP) is 5.27. The van der Waals surface area contributed by atoms with Gasteiger partial charge in [-0.3, -0.25) is 0 Å². The first-order valence-corrected chi connectivity index (χ1v) is 11.2. The molecular weight excluding hydrogens is 380 g/mol. The smallest absolute Gasteiger partial charge is 0.315 e. The van der Waals surface area contributed by atoms with Crippen LogP contribution >= 0.6 is 11.3 Å². The van der Waals surface area contributed by atoms with Gasteiger partial charge in [0.1, 0.15) is 0 Å². The van der Waals surface area contributed by atoms with Crippen molar-refractivity contribution < 1.29 is 9.90 Å². The lowest BCUT2D eigenvalue weighted by molar-refractivity contribution is 0.203. The van der Waals surface area contributed by atoms with E-state index in [2.05, 4.69) is 41.0 Å². The number of nitrogens with one attached hydrogen (secondary N) is 2. The van der Waals surface area contributed by atoms with E-state index in [1.54, 1.807) is 18.3 Å². The molecule has 0 spiro atoms. The highest BCUT2D eigenvalue weighted by Crippen LogP contribution is 2.44. The van der Waals surface area contributed by atoms with Crippen LogP contribution < -0.4 is 10.6 Å². The van der Waals surface area contributed by atoms with Crippen LogP contribution in [0.15, 0.2) is 54.6 Å². The molecule has 1 aromatic heterocycles. The maximum Gasteiger partial charge on any atom is 0.315 e. The summed E-state index contributed by atoms with van der Waals surface area (Å²) in [6, 6.07) is 18.4. The monoisotopic (exact) mass is 408 g/mol. The van der Waals surface area contributed by atoms with Gasteiger partial charge in [0.25, 0.3) is 0 Å². The summed E-state index contributed by atoms with van der Waals surface area (Å²) in [6.07, 6.45) is 4.08. The minimum absolute atomic E-state index is 0.00537. The number of hydrogen-bond donors (Lipinski definition) is 3. The number of amides is 2. The van der Waals surface area contributed by atoms with Gasteiger partial charge in [-0.05, 0) is 48.2 Å². The van der Waals surface area contributed by atoms with E-state index in [1.165, 1.54) is 28.5 Å². The zero-order valence-electron chi connectivity index (χ0n) is 16.8. The van der Waals surface area contributed by atoms with Gasteiger partial charge in [-0.15, -0.1) is 11.3 Å². The third-order valence-electron chi connectivity index (χ3n) is 6.03. The summed E-state index contributed by atoms with van der Waals surface area (Å²) in [7, 11) is 0. The van der Waals surface area contributed by atoms with Gasteiger partial charge in [0.15, 0.2) is 0 Å². The number of aliphatic hydroxyl groups is 1. The second-order valence-electron chi connectivity index (χ2n) is 8.04. The van der Waals surface area contributed by atoms with Crippen LogP contribution in [0.25, 0.3) is 10.8 Å². The van der Waals surface area contributed by atoms with Crippen molar-refractivity contribution in [1.82, 2.24) is 10.6 Å². The zero-order chi connectivity index (χ0) is 20.3. The molecule has 0 bridgehead atoms. The van der Waals surface area contributed by atoms with E-state index >= 15 is 0 Å². The molecule has 5 heteroatoms. The Bertz CT molecular complexity index is 984. The molecule has 0 radical (unpaired) electrons. The van der Waals surface area contributed by atoms with Gasteiger partial charge in [0, 0.05) is 28.3 Å². The summed E-state index contributed by atoms with van der Waals surface area (Å²) in [5.41, 5.74) is 1.11. The highest BCUT2D eigenvalue weighted by atomic mass is 32.1. The Morgan fingerprint density at radius 2 is 1.83 bits per heavy atom. The van der Waals surface area contributed by atoms with Gasteiger partial charge in [-0.25, -0.2) is 4.79 Å². The molecule has 1 saturated carbocycles. The summed E-state index contributed by atoms with van der Waals surface area (Å²) < 4.78 is 0. The van der Waals surface area contributed by atoms with Crippen molar-refractivity contribution in [3.63, 3.8) is 0 Å². The molecule has 1 fully saturated rings. The first-order chi connectivity index (χ1) is 14.1. The Kier molecular flexibility index (Phi) is 5.88. The van der Waals surface area contributed by atoms with Gasteiger partial charge in [-0.1, -0.05) is 55.3 Å². The quantitative estimate of drug-likeness (QED) is 0.521. The minimum atomic E-state index is -0.441. The largest absolute Gasteiger partial charge is 0.388 e. The minimum Gasteiger partial charge on any atom is -0.388 e. The van der Waals surface area contributed by atoms with E-state index in [9.17, 15) is 9.90 Å².